The minimum absolute atomic E-state index is 0.00772. The van der Waals surface area contributed by atoms with Crippen LogP contribution in [0, 0.1) is 5.82 Å². The minimum atomic E-state index is -0.605. The summed E-state index contributed by atoms with van der Waals surface area (Å²) in [4.78, 5) is 31.8. The summed E-state index contributed by atoms with van der Waals surface area (Å²) in [5, 5.41) is 5.94. The average molecular weight is 459 g/mol. The van der Waals surface area contributed by atoms with E-state index >= 15 is 0 Å². The van der Waals surface area contributed by atoms with Crippen molar-refractivity contribution in [3.63, 3.8) is 0 Å². The van der Waals surface area contributed by atoms with Crippen LogP contribution in [0.5, 0.6) is 11.5 Å². The second-order valence-electron chi connectivity index (χ2n) is 8.42. The Morgan fingerprint density at radius 1 is 1.03 bits per heavy atom. The Kier molecular flexibility index (Phi) is 4.93. The number of hydrogen-bond acceptors (Lipinski definition) is 5. The summed E-state index contributed by atoms with van der Waals surface area (Å²) >= 11 is 5.63. The van der Waals surface area contributed by atoms with Crippen molar-refractivity contribution in [2.75, 3.05) is 13.2 Å². The fourth-order valence-electron chi connectivity index (χ4n) is 4.58. The molecular weight excluding hydrogens is 439 g/mol. The fourth-order valence-corrected chi connectivity index (χ4v) is 4.69. The summed E-state index contributed by atoms with van der Waals surface area (Å²) < 4.78 is 24.3. The highest BCUT2D eigenvalue weighted by atomic mass is 35.5. The Hall–Kier alpha value is -3.33. The van der Waals surface area contributed by atoms with Gasteiger partial charge in [0, 0.05) is 29.4 Å². The third-order valence-electron chi connectivity index (χ3n) is 5.84. The van der Waals surface area contributed by atoms with Crippen LogP contribution in [0.3, 0.4) is 0 Å². The second kappa shape index (κ2) is 7.67. The number of nitrogens with one attached hydrogen (secondary N) is 3. The van der Waals surface area contributed by atoms with E-state index in [1.807, 2.05) is 6.07 Å². The van der Waals surface area contributed by atoms with E-state index in [0.29, 0.717) is 25.0 Å². The van der Waals surface area contributed by atoms with Crippen molar-refractivity contribution in [2.45, 2.75) is 30.3 Å². The zero-order valence-electron chi connectivity index (χ0n) is 16.9. The first-order valence-corrected chi connectivity index (χ1v) is 10.5. The van der Waals surface area contributed by atoms with Gasteiger partial charge in [0.05, 0.1) is 22.3 Å². The molecule has 10 heteroatoms. The van der Waals surface area contributed by atoms with E-state index in [0.717, 1.165) is 17.1 Å². The summed E-state index contributed by atoms with van der Waals surface area (Å²) in [5.74, 6) is -0.377. The molecule has 2 aromatic heterocycles. The molecule has 0 atom stereocenters. The number of hydrogen-bond donors (Lipinski definition) is 3. The number of ether oxygens (including phenoxy) is 2. The number of halogens is 2. The van der Waals surface area contributed by atoms with Gasteiger partial charge in [-0.05, 0) is 37.5 Å². The Bertz CT molecular complexity index is 1190. The first-order valence-electron chi connectivity index (χ1n) is 10.1. The maximum absolute atomic E-state index is 13.4. The predicted octanol–water partition coefficient (Wildman–Crippen LogP) is 2.72. The topological polar surface area (TPSA) is 105 Å². The number of benzene rings is 1. The molecule has 1 aromatic carbocycles. The smallest absolute Gasteiger partial charge is 0.258 e. The van der Waals surface area contributed by atoms with E-state index in [-0.39, 0.29) is 46.9 Å². The van der Waals surface area contributed by atoms with Crippen LogP contribution in [0.4, 0.5) is 4.39 Å². The van der Waals surface area contributed by atoms with Gasteiger partial charge in [0.1, 0.15) is 17.3 Å². The van der Waals surface area contributed by atoms with Crippen LogP contribution in [0.1, 0.15) is 19.3 Å². The molecule has 3 saturated carbocycles. The molecule has 0 aliphatic heterocycles. The molecule has 0 radical (unpaired) electrons. The lowest BCUT2D eigenvalue weighted by molar-refractivity contribution is -0.151. The molecule has 3 aliphatic carbocycles. The summed E-state index contributed by atoms with van der Waals surface area (Å²) in [7, 11) is 0. The highest BCUT2D eigenvalue weighted by Gasteiger charge is 2.69. The Balaban J connectivity index is 1.04. The molecule has 0 saturated heterocycles. The normalized spacial score (nSPS) is 23.1. The summed E-state index contributed by atoms with van der Waals surface area (Å²) in [5.41, 5.74) is 1.05. The van der Waals surface area contributed by atoms with E-state index in [1.165, 1.54) is 12.1 Å². The highest BCUT2D eigenvalue weighted by molar-refractivity contribution is 6.30. The van der Waals surface area contributed by atoms with Crippen LogP contribution in [0.15, 0.2) is 42.7 Å². The van der Waals surface area contributed by atoms with Gasteiger partial charge in [0.2, 0.25) is 0 Å². The van der Waals surface area contributed by atoms with Gasteiger partial charge in [-0.2, -0.15) is 0 Å². The largest absolute Gasteiger partial charge is 0.484 e. The average Bonchev–Trinajstić information content (AvgIpc) is 3.18. The first-order chi connectivity index (χ1) is 15.3. The third-order valence-corrected chi connectivity index (χ3v) is 6.15. The van der Waals surface area contributed by atoms with E-state index in [4.69, 9.17) is 21.1 Å². The maximum Gasteiger partial charge on any atom is 0.258 e. The Morgan fingerprint density at radius 3 is 2.34 bits per heavy atom. The second-order valence-corrected chi connectivity index (χ2v) is 8.83. The van der Waals surface area contributed by atoms with Crippen molar-refractivity contribution in [2.24, 2.45) is 0 Å². The standard InChI is InChI=1S/C22H20ClFN4O4/c23-15-2-1-13(5-16(15)24)31-8-19(29)27-21-10-22(11-21,12-21)28-20(30)9-32-14-6-18-17(26-7-14)3-4-25-18/h1-7,25H,8-12H2,(H,27,29)(H,28,30). The monoisotopic (exact) mass is 458 g/mol. The molecule has 3 aliphatic rings. The van der Waals surface area contributed by atoms with Gasteiger partial charge in [-0.15, -0.1) is 0 Å². The molecule has 6 rings (SSSR count). The van der Waals surface area contributed by atoms with Gasteiger partial charge in [0.15, 0.2) is 13.2 Å². The van der Waals surface area contributed by atoms with Crippen LogP contribution in [0.25, 0.3) is 11.0 Å². The fraction of sp³-hybridized carbons (Fsp3) is 0.318. The van der Waals surface area contributed by atoms with Gasteiger partial charge in [-0.1, -0.05) is 11.6 Å². The molecule has 32 heavy (non-hydrogen) atoms. The number of rotatable bonds is 8. The molecule has 2 bridgehead atoms. The lowest BCUT2D eigenvalue weighted by atomic mass is 9.44. The lowest BCUT2D eigenvalue weighted by Crippen LogP contribution is -2.84. The highest BCUT2D eigenvalue weighted by Crippen LogP contribution is 2.60. The Labute approximate surface area is 187 Å². The van der Waals surface area contributed by atoms with Crippen molar-refractivity contribution in [3.8, 4) is 11.5 Å². The molecule has 0 spiro atoms. The van der Waals surface area contributed by atoms with Crippen molar-refractivity contribution >= 4 is 34.4 Å². The van der Waals surface area contributed by atoms with Gasteiger partial charge in [-0.3, -0.25) is 14.6 Å². The number of aromatic nitrogens is 2. The minimum Gasteiger partial charge on any atom is -0.484 e. The predicted molar refractivity (Wildman–Crippen MR) is 114 cm³/mol. The van der Waals surface area contributed by atoms with Gasteiger partial charge in [0.25, 0.3) is 11.8 Å². The number of nitrogens with zero attached hydrogens (tertiary/aromatic N) is 1. The van der Waals surface area contributed by atoms with Crippen LogP contribution < -0.4 is 20.1 Å². The number of carbonyl (C=O) groups excluding carboxylic acids is 2. The zero-order chi connectivity index (χ0) is 22.3. The van der Waals surface area contributed by atoms with E-state index < -0.39 is 5.82 Å². The van der Waals surface area contributed by atoms with Crippen LogP contribution in [0.2, 0.25) is 5.02 Å². The van der Waals surface area contributed by atoms with E-state index in [1.54, 1.807) is 18.5 Å². The number of amides is 2. The van der Waals surface area contributed by atoms with Crippen LogP contribution >= 0.6 is 11.6 Å². The van der Waals surface area contributed by atoms with Crippen molar-refractivity contribution in [3.05, 3.63) is 53.6 Å². The van der Waals surface area contributed by atoms with Gasteiger partial charge < -0.3 is 25.1 Å². The molecule has 3 aromatic rings. The zero-order valence-corrected chi connectivity index (χ0v) is 17.7. The van der Waals surface area contributed by atoms with Crippen LogP contribution in [-0.2, 0) is 9.59 Å². The lowest BCUT2D eigenvalue weighted by Gasteiger charge is -2.70. The van der Waals surface area contributed by atoms with Gasteiger partial charge in [-0.25, -0.2) is 4.39 Å². The van der Waals surface area contributed by atoms with Crippen LogP contribution in [-0.4, -0.2) is 46.1 Å². The van der Waals surface area contributed by atoms with Crippen molar-refractivity contribution < 1.29 is 23.5 Å². The molecule has 2 amide bonds. The van der Waals surface area contributed by atoms with Crippen molar-refractivity contribution in [1.29, 1.82) is 0 Å². The molecule has 166 valence electrons. The SMILES string of the molecule is O=C(COc1ccc(Cl)c(F)c1)NC12CC(NC(=O)COc3cnc4cc[nH]c4c3)(C1)C2. The first kappa shape index (κ1) is 20.6. The van der Waals surface area contributed by atoms with E-state index in [9.17, 15) is 14.0 Å². The molecule has 8 nitrogen and oxygen atoms in total. The summed E-state index contributed by atoms with van der Waals surface area (Å²) in [6, 6.07) is 7.65. The number of pyridine rings is 1. The number of H-pyrrole nitrogens is 1. The van der Waals surface area contributed by atoms with Gasteiger partial charge >= 0.3 is 0 Å². The molecule has 3 fully saturated rings. The maximum atomic E-state index is 13.4. The number of carbonyl (C=O) groups is 2. The van der Waals surface area contributed by atoms with E-state index in [2.05, 4.69) is 20.6 Å². The Morgan fingerprint density at radius 2 is 1.69 bits per heavy atom. The summed E-state index contributed by atoms with van der Waals surface area (Å²) in [6.07, 6.45) is 5.33. The number of aromatic amines is 1. The quantitative estimate of drug-likeness (QED) is 0.481. The molecule has 3 N–H and O–H groups in total. The van der Waals surface area contributed by atoms with Crippen molar-refractivity contribution in [1.82, 2.24) is 20.6 Å². The third kappa shape index (κ3) is 3.95. The summed E-state index contributed by atoms with van der Waals surface area (Å²) in [6.45, 7) is -0.338. The molecule has 0 unspecified atom stereocenters. The number of fused-ring (bicyclic) bond motifs is 1. The molecular formula is C22H20ClFN4O4. The molecule has 2 heterocycles.